The van der Waals surface area contributed by atoms with Crippen LogP contribution in [0.4, 0.5) is 0 Å². The van der Waals surface area contributed by atoms with Gasteiger partial charge in [-0.05, 0) is 6.42 Å². The Labute approximate surface area is 165 Å². The number of rotatable bonds is 18. The molecule has 0 unspecified atom stereocenters. The molecule has 0 aliphatic carbocycles. The predicted octanol–water partition coefficient (Wildman–Crippen LogP) is 4.71. The Morgan fingerprint density at radius 2 is 0.917 bits per heavy atom. The van der Waals surface area contributed by atoms with Crippen LogP contribution < -0.4 is 9.79 Å². The molecule has 0 rings (SSSR count). The van der Waals surface area contributed by atoms with E-state index < -0.39 is 7.82 Å². The summed E-state index contributed by atoms with van der Waals surface area (Å²) in [6.45, 7) is 2.30. The molecule has 140 valence electrons. The molecule has 0 radical (unpaired) electrons. The molecule has 0 heterocycles. The molecule has 0 aliphatic rings. The van der Waals surface area contributed by atoms with E-state index in [0.717, 1.165) is 12.8 Å². The number of phosphoric ester groups is 1. The minimum absolute atomic E-state index is 0. The molecule has 0 saturated carbocycles. The molecule has 0 aromatic rings. The van der Waals surface area contributed by atoms with Gasteiger partial charge in [-0.1, -0.05) is 103 Å². The van der Waals surface area contributed by atoms with Gasteiger partial charge in [-0.15, -0.1) is 0 Å². The molecule has 0 aliphatic heterocycles. The Kier molecular flexibility index (Phi) is 22.8. The number of hydrogen-bond acceptors (Lipinski definition) is 4. The van der Waals surface area contributed by atoms with Gasteiger partial charge in [-0.3, -0.25) is 0 Å². The smallest absolute Gasteiger partial charge is 0.790 e. The third-order valence-electron chi connectivity index (χ3n) is 4.25. The Hall–Kier alpha value is 0.876. The largest absolute Gasteiger partial charge is 2.00 e. The van der Waals surface area contributed by atoms with Gasteiger partial charge >= 0.3 is 23.1 Å². The monoisotopic (exact) mass is 372 g/mol. The quantitative estimate of drug-likeness (QED) is 0.198. The van der Waals surface area contributed by atoms with Crippen molar-refractivity contribution in [2.24, 2.45) is 0 Å². The first-order valence-electron chi connectivity index (χ1n) is 9.73. The second kappa shape index (κ2) is 20.2. The fourth-order valence-corrected chi connectivity index (χ4v) is 3.18. The van der Waals surface area contributed by atoms with Gasteiger partial charge in [0.2, 0.25) is 0 Å². The molecule has 0 aromatic heterocycles. The van der Waals surface area contributed by atoms with E-state index in [0.29, 0.717) is 6.42 Å². The van der Waals surface area contributed by atoms with Crippen molar-refractivity contribution < 1.29 is 18.9 Å². The van der Waals surface area contributed by atoms with Crippen LogP contribution in [0.1, 0.15) is 110 Å². The summed E-state index contributed by atoms with van der Waals surface area (Å²) in [4.78, 5) is 20.5. The van der Waals surface area contributed by atoms with E-state index in [9.17, 15) is 14.4 Å². The summed E-state index contributed by atoms with van der Waals surface area (Å²) < 4.78 is 14.4. The van der Waals surface area contributed by atoms with Crippen LogP contribution in [0.2, 0.25) is 0 Å². The molecule has 0 bridgehead atoms. The third-order valence-corrected chi connectivity index (χ3v) is 4.75. The standard InChI is InChI=1S/C18H39O4P.Mg/c1-2-3-4-5-6-7-8-9-10-11-12-13-14-15-16-17-18-22-23(19,20)21;/h2-18H2,1H3,(H2,19,20,21);/q;+2/p-2. The van der Waals surface area contributed by atoms with Gasteiger partial charge in [0.1, 0.15) is 0 Å². The molecule has 0 atom stereocenters. The third kappa shape index (κ3) is 25.1. The maximum absolute atomic E-state index is 10.2. The van der Waals surface area contributed by atoms with E-state index in [1.165, 1.54) is 83.5 Å². The Morgan fingerprint density at radius 3 is 1.21 bits per heavy atom. The second-order valence-corrected chi connectivity index (χ2v) is 7.74. The van der Waals surface area contributed by atoms with Crippen LogP contribution in [-0.4, -0.2) is 29.7 Å². The normalized spacial score (nSPS) is 11.5. The molecule has 0 spiro atoms. The zero-order valence-corrected chi connectivity index (χ0v) is 18.1. The van der Waals surface area contributed by atoms with Gasteiger partial charge in [0.05, 0.1) is 14.4 Å². The average Bonchev–Trinajstić information content (AvgIpc) is 2.49. The molecular formula is C18H37MgO4P. The van der Waals surface area contributed by atoms with Crippen molar-refractivity contribution in [2.75, 3.05) is 6.61 Å². The van der Waals surface area contributed by atoms with Crippen LogP contribution in [0.5, 0.6) is 0 Å². The molecule has 0 saturated heterocycles. The summed E-state index contributed by atoms with van der Waals surface area (Å²) in [6, 6.07) is 0. The van der Waals surface area contributed by atoms with Crippen LogP contribution in [0.25, 0.3) is 0 Å². The molecule has 4 nitrogen and oxygen atoms in total. The first-order valence-corrected chi connectivity index (χ1v) is 11.2. The molecule has 24 heavy (non-hydrogen) atoms. The maximum Gasteiger partial charge on any atom is 2.00 e. The zero-order chi connectivity index (χ0) is 17.2. The number of hydrogen-bond donors (Lipinski definition) is 0. The van der Waals surface area contributed by atoms with Crippen LogP contribution in [-0.2, 0) is 9.09 Å². The van der Waals surface area contributed by atoms with Gasteiger partial charge in [-0.25, -0.2) is 0 Å². The van der Waals surface area contributed by atoms with Crippen molar-refractivity contribution in [1.82, 2.24) is 0 Å². The Bertz CT molecular complexity index is 284. The average molecular weight is 373 g/mol. The topological polar surface area (TPSA) is 72.4 Å². The predicted molar refractivity (Wildman–Crippen MR) is 98.9 cm³/mol. The van der Waals surface area contributed by atoms with E-state index >= 15 is 0 Å². The summed E-state index contributed by atoms with van der Waals surface area (Å²) in [5, 5.41) is 0. The molecule has 0 aromatic carbocycles. The summed E-state index contributed by atoms with van der Waals surface area (Å²) in [5.41, 5.74) is 0. The molecule has 0 amide bonds. The maximum atomic E-state index is 10.2. The van der Waals surface area contributed by atoms with E-state index in [4.69, 9.17) is 0 Å². The van der Waals surface area contributed by atoms with Gasteiger partial charge in [0.15, 0.2) is 0 Å². The van der Waals surface area contributed by atoms with Gasteiger partial charge < -0.3 is 18.9 Å². The van der Waals surface area contributed by atoms with Gasteiger partial charge in [0, 0.05) is 0 Å². The van der Waals surface area contributed by atoms with Crippen molar-refractivity contribution in [3.63, 3.8) is 0 Å². The minimum Gasteiger partial charge on any atom is -0.790 e. The van der Waals surface area contributed by atoms with Crippen LogP contribution >= 0.6 is 7.82 Å². The molecule has 0 fully saturated rings. The van der Waals surface area contributed by atoms with Crippen LogP contribution in [0.15, 0.2) is 0 Å². The van der Waals surface area contributed by atoms with Gasteiger partial charge in [-0.2, -0.15) is 0 Å². The van der Waals surface area contributed by atoms with Crippen LogP contribution in [0, 0.1) is 0 Å². The Morgan fingerprint density at radius 1 is 0.625 bits per heavy atom. The van der Waals surface area contributed by atoms with E-state index in [1.54, 1.807) is 0 Å². The number of unbranched alkanes of at least 4 members (excludes halogenated alkanes) is 15. The molecular weight excluding hydrogens is 335 g/mol. The van der Waals surface area contributed by atoms with E-state index in [-0.39, 0.29) is 29.7 Å². The zero-order valence-electron chi connectivity index (χ0n) is 15.8. The van der Waals surface area contributed by atoms with Crippen molar-refractivity contribution in [2.45, 2.75) is 110 Å². The number of phosphoric acid groups is 1. The van der Waals surface area contributed by atoms with Crippen molar-refractivity contribution in [1.29, 1.82) is 0 Å². The first-order chi connectivity index (χ1) is 11.1. The summed E-state index contributed by atoms with van der Waals surface area (Å²) in [7, 11) is -4.76. The second-order valence-electron chi connectivity index (χ2n) is 6.58. The fraction of sp³-hybridized carbons (Fsp3) is 1.00. The summed E-state index contributed by atoms with van der Waals surface area (Å²) in [5.74, 6) is 0. The van der Waals surface area contributed by atoms with Crippen molar-refractivity contribution >= 4 is 30.9 Å². The van der Waals surface area contributed by atoms with Crippen LogP contribution in [0.3, 0.4) is 0 Å². The SMILES string of the molecule is CCCCCCCCCCCCCCCCCCOP(=O)([O-])[O-].[Mg+2]. The Balaban J connectivity index is 0. The van der Waals surface area contributed by atoms with Crippen molar-refractivity contribution in [3.8, 4) is 0 Å². The molecule has 0 N–H and O–H groups in total. The fourth-order valence-electron chi connectivity index (χ4n) is 2.83. The minimum atomic E-state index is -4.76. The van der Waals surface area contributed by atoms with Gasteiger partial charge in [0.25, 0.3) is 0 Å². The summed E-state index contributed by atoms with van der Waals surface area (Å²) >= 11 is 0. The van der Waals surface area contributed by atoms with E-state index in [2.05, 4.69) is 11.4 Å². The molecule has 6 heteroatoms. The van der Waals surface area contributed by atoms with Crippen molar-refractivity contribution in [3.05, 3.63) is 0 Å². The summed E-state index contributed by atoms with van der Waals surface area (Å²) in [6.07, 6.45) is 20.3. The first kappa shape index (κ1) is 27.1. The van der Waals surface area contributed by atoms with E-state index in [1.807, 2.05) is 0 Å².